The molecule has 0 aliphatic carbocycles. The number of non-ortho nitro benzene ring substituents is 1. The summed E-state index contributed by atoms with van der Waals surface area (Å²) in [5.74, 6) is 0.00103. The Labute approximate surface area is 256 Å². The van der Waals surface area contributed by atoms with Crippen LogP contribution in [0.3, 0.4) is 0 Å². The maximum absolute atomic E-state index is 12.4. The summed E-state index contributed by atoms with van der Waals surface area (Å²) >= 11 is 0. The van der Waals surface area contributed by atoms with Gasteiger partial charge >= 0.3 is 12.1 Å². The maximum atomic E-state index is 12.4. The number of hydrogen-bond donors (Lipinski definition) is 0. The molecule has 0 bridgehead atoms. The Morgan fingerprint density at radius 2 is 1.27 bits per heavy atom. The van der Waals surface area contributed by atoms with E-state index in [4.69, 9.17) is 14.2 Å². The quantitative estimate of drug-likeness (QED) is 0.0478. The molecule has 0 fully saturated rings. The van der Waals surface area contributed by atoms with E-state index in [-0.39, 0.29) is 17.2 Å². The standard InChI is InChI=1S/C36H33NO7/c1-5-32(26-9-7-6-8-10-26)34(27-14-11-25(12-15-27)13-24-33(38)44-36(2,3)4)28-16-20-30(21-17-28)42-35(39)43-31-22-18-29(19-23-31)37(40)41/h6-24H,5H2,1-4H3/b24-13+,34-32-. The lowest BCUT2D eigenvalue weighted by atomic mass is 9.88. The minimum absolute atomic E-state index is 0.112. The Bertz CT molecular complexity index is 1660. The third-order valence-corrected chi connectivity index (χ3v) is 6.39. The summed E-state index contributed by atoms with van der Waals surface area (Å²) in [6.07, 6.45) is 2.94. The Hall–Kier alpha value is -5.50. The lowest BCUT2D eigenvalue weighted by Crippen LogP contribution is -2.22. The number of benzene rings is 4. The number of esters is 1. The van der Waals surface area contributed by atoms with Crippen LogP contribution in [0.1, 0.15) is 56.4 Å². The second-order valence-electron chi connectivity index (χ2n) is 10.8. The van der Waals surface area contributed by atoms with Crippen molar-refractivity contribution in [1.82, 2.24) is 0 Å². The van der Waals surface area contributed by atoms with Gasteiger partial charge < -0.3 is 14.2 Å². The van der Waals surface area contributed by atoms with Gasteiger partial charge in [-0.3, -0.25) is 10.1 Å². The van der Waals surface area contributed by atoms with Gasteiger partial charge in [-0.25, -0.2) is 9.59 Å². The van der Waals surface area contributed by atoms with E-state index in [9.17, 15) is 19.7 Å². The molecule has 4 rings (SSSR count). The van der Waals surface area contributed by atoms with Crippen molar-refractivity contribution in [2.45, 2.75) is 39.7 Å². The topological polar surface area (TPSA) is 105 Å². The maximum Gasteiger partial charge on any atom is 0.519 e. The monoisotopic (exact) mass is 591 g/mol. The van der Waals surface area contributed by atoms with Gasteiger partial charge in [-0.15, -0.1) is 0 Å². The highest BCUT2D eigenvalue weighted by atomic mass is 16.7. The average Bonchev–Trinajstić information content (AvgIpc) is 2.99. The Morgan fingerprint density at radius 3 is 1.77 bits per heavy atom. The van der Waals surface area contributed by atoms with Gasteiger partial charge in [0.15, 0.2) is 0 Å². The minimum atomic E-state index is -0.962. The Balaban J connectivity index is 1.59. The third-order valence-electron chi connectivity index (χ3n) is 6.39. The van der Waals surface area contributed by atoms with Crippen LogP contribution in [0.2, 0.25) is 0 Å². The largest absolute Gasteiger partial charge is 0.519 e. The fraction of sp³-hybridized carbons (Fsp3) is 0.167. The lowest BCUT2D eigenvalue weighted by molar-refractivity contribution is -0.384. The van der Waals surface area contributed by atoms with Gasteiger partial charge in [0.1, 0.15) is 17.1 Å². The first-order valence-electron chi connectivity index (χ1n) is 14.1. The van der Waals surface area contributed by atoms with E-state index in [1.54, 1.807) is 18.2 Å². The Kier molecular flexibility index (Phi) is 10.1. The van der Waals surface area contributed by atoms with Crippen LogP contribution >= 0.6 is 0 Å². The number of hydrogen-bond acceptors (Lipinski definition) is 7. The van der Waals surface area contributed by atoms with Crippen LogP contribution in [0.4, 0.5) is 10.5 Å². The highest BCUT2D eigenvalue weighted by Crippen LogP contribution is 2.35. The van der Waals surface area contributed by atoms with Crippen LogP contribution in [-0.4, -0.2) is 22.6 Å². The van der Waals surface area contributed by atoms with Gasteiger partial charge in [0.25, 0.3) is 5.69 Å². The van der Waals surface area contributed by atoms with Crippen LogP contribution in [0.5, 0.6) is 11.5 Å². The van der Waals surface area contributed by atoms with Gasteiger partial charge in [0.2, 0.25) is 0 Å². The van der Waals surface area contributed by atoms with E-state index in [1.807, 2.05) is 75.4 Å². The van der Waals surface area contributed by atoms with E-state index >= 15 is 0 Å². The number of carbonyl (C=O) groups is 2. The summed E-state index contributed by atoms with van der Waals surface area (Å²) in [6.45, 7) is 7.58. The fourth-order valence-electron chi connectivity index (χ4n) is 4.48. The SMILES string of the molecule is CC/C(=C(\c1ccc(/C=C/C(=O)OC(C)(C)C)cc1)c1ccc(OC(=O)Oc2ccc([N+](=O)[O-])cc2)cc1)c1ccccc1. The molecule has 0 aliphatic heterocycles. The molecule has 0 unspecified atom stereocenters. The summed E-state index contributed by atoms with van der Waals surface area (Å²) in [4.78, 5) is 34.8. The predicted molar refractivity (Wildman–Crippen MR) is 170 cm³/mol. The van der Waals surface area contributed by atoms with Crippen molar-refractivity contribution < 1.29 is 28.7 Å². The Morgan fingerprint density at radius 1 is 0.750 bits per heavy atom. The van der Waals surface area contributed by atoms with E-state index in [0.717, 1.165) is 39.8 Å². The number of rotatable bonds is 9. The zero-order chi connectivity index (χ0) is 31.7. The van der Waals surface area contributed by atoms with Gasteiger partial charge in [-0.2, -0.15) is 0 Å². The van der Waals surface area contributed by atoms with Crippen molar-refractivity contribution >= 4 is 35.0 Å². The molecule has 0 aliphatic rings. The third kappa shape index (κ3) is 8.75. The second kappa shape index (κ2) is 14.1. The molecule has 0 saturated heterocycles. The summed E-state index contributed by atoms with van der Waals surface area (Å²) < 4.78 is 15.9. The van der Waals surface area contributed by atoms with Crippen LogP contribution in [-0.2, 0) is 9.53 Å². The van der Waals surface area contributed by atoms with E-state index in [2.05, 4.69) is 19.1 Å². The molecule has 0 atom stereocenters. The van der Waals surface area contributed by atoms with Gasteiger partial charge in [-0.05, 0) is 90.9 Å². The van der Waals surface area contributed by atoms with Crippen molar-refractivity contribution in [2.24, 2.45) is 0 Å². The molecule has 0 amide bonds. The molecule has 0 heterocycles. The first-order valence-corrected chi connectivity index (χ1v) is 14.1. The van der Waals surface area contributed by atoms with E-state index in [0.29, 0.717) is 0 Å². The number of nitro groups is 1. The minimum Gasteiger partial charge on any atom is -0.457 e. The van der Waals surface area contributed by atoms with Gasteiger partial charge in [-0.1, -0.05) is 73.7 Å². The highest BCUT2D eigenvalue weighted by Gasteiger charge is 2.16. The van der Waals surface area contributed by atoms with Crippen LogP contribution in [0, 0.1) is 10.1 Å². The molecule has 4 aromatic rings. The summed E-state index contributed by atoms with van der Waals surface area (Å²) in [6, 6.07) is 30.3. The zero-order valence-electron chi connectivity index (χ0n) is 25.0. The first-order chi connectivity index (χ1) is 21.0. The van der Waals surface area contributed by atoms with Crippen molar-refractivity contribution in [2.75, 3.05) is 0 Å². The molecule has 224 valence electrons. The molecule has 4 aromatic carbocycles. The number of ether oxygens (including phenoxy) is 3. The van der Waals surface area contributed by atoms with E-state index in [1.165, 1.54) is 30.3 Å². The lowest BCUT2D eigenvalue weighted by Gasteiger charge is -2.18. The second-order valence-corrected chi connectivity index (χ2v) is 10.8. The van der Waals surface area contributed by atoms with Gasteiger partial charge in [0, 0.05) is 18.2 Å². The molecule has 44 heavy (non-hydrogen) atoms. The first kappa shape index (κ1) is 31.4. The molecular formula is C36H33NO7. The average molecular weight is 592 g/mol. The molecule has 0 saturated carbocycles. The number of carbonyl (C=O) groups excluding carboxylic acids is 2. The van der Waals surface area contributed by atoms with Crippen LogP contribution in [0.15, 0.2) is 109 Å². The van der Waals surface area contributed by atoms with Crippen molar-refractivity contribution in [3.05, 3.63) is 142 Å². The van der Waals surface area contributed by atoms with Crippen LogP contribution < -0.4 is 9.47 Å². The van der Waals surface area contributed by atoms with Crippen molar-refractivity contribution in [3.8, 4) is 11.5 Å². The normalized spacial score (nSPS) is 11.9. The number of allylic oxidation sites excluding steroid dienone is 1. The van der Waals surface area contributed by atoms with Crippen molar-refractivity contribution in [1.29, 1.82) is 0 Å². The number of nitrogens with zero attached hydrogens (tertiary/aromatic N) is 1. The molecule has 0 N–H and O–H groups in total. The summed E-state index contributed by atoms with van der Waals surface area (Å²) in [5.41, 5.74) is 5.31. The van der Waals surface area contributed by atoms with Crippen LogP contribution in [0.25, 0.3) is 17.2 Å². The molecule has 0 aromatic heterocycles. The summed E-state index contributed by atoms with van der Waals surface area (Å²) in [7, 11) is 0. The fourth-order valence-corrected chi connectivity index (χ4v) is 4.48. The molecule has 8 heteroatoms. The number of nitro benzene ring substituents is 1. The highest BCUT2D eigenvalue weighted by molar-refractivity contribution is 5.98. The molecule has 8 nitrogen and oxygen atoms in total. The summed E-state index contributed by atoms with van der Waals surface area (Å²) in [5, 5.41) is 10.8. The molecule has 0 spiro atoms. The van der Waals surface area contributed by atoms with Gasteiger partial charge in [0.05, 0.1) is 4.92 Å². The molecule has 0 radical (unpaired) electrons. The van der Waals surface area contributed by atoms with E-state index < -0.39 is 22.6 Å². The zero-order valence-corrected chi connectivity index (χ0v) is 25.0. The van der Waals surface area contributed by atoms with Crippen molar-refractivity contribution in [3.63, 3.8) is 0 Å². The predicted octanol–water partition coefficient (Wildman–Crippen LogP) is 8.90. The smallest absolute Gasteiger partial charge is 0.457 e. The molecular weight excluding hydrogens is 558 g/mol.